The summed E-state index contributed by atoms with van der Waals surface area (Å²) < 4.78 is 0. The van der Waals surface area contributed by atoms with E-state index in [0.29, 0.717) is 19.5 Å². The Labute approximate surface area is 102 Å². The zero-order valence-corrected chi connectivity index (χ0v) is 10.3. The first kappa shape index (κ1) is 13.0. The lowest BCUT2D eigenvalue weighted by molar-refractivity contribution is -0.128. The van der Waals surface area contributed by atoms with Crippen LogP contribution in [0.1, 0.15) is 6.42 Å². The van der Waals surface area contributed by atoms with Crippen molar-refractivity contribution >= 4 is 11.6 Å². The molecule has 0 heterocycles. The topological polar surface area (TPSA) is 47.3 Å². The summed E-state index contributed by atoms with van der Waals surface area (Å²) in [5.74, 6) is 0.0200. The molecule has 0 aliphatic heterocycles. The van der Waals surface area contributed by atoms with Crippen molar-refractivity contribution in [1.82, 2.24) is 4.90 Å². The van der Waals surface area contributed by atoms with E-state index in [-0.39, 0.29) is 5.91 Å². The van der Waals surface area contributed by atoms with E-state index in [1.165, 1.54) is 0 Å². The zero-order valence-electron chi connectivity index (χ0n) is 10.3. The van der Waals surface area contributed by atoms with Gasteiger partial charge >= 0.3 is 0 Å². The van der Waals surface area contributed by atoms with Crippen LogP contribution in [0.4, 0.5) is 5.69 Å². The van der Waals surface area contributed by atoms with Gasteiger partial charge in [-0.3, -0.25) is 4.79 Å². The van der Waals surface area contributed by atoms with Crippen molar-refractivity contribution < 1.29 is 4.79 Å². The molecule has 0 saturated carbocycles. The molecule has 0 atom stereocenters. The van der Waals surface area contributed by atoms with Gasteiger partial charge in [-0.2, -0.15) is 5.26 Å². The quantitative estimate of drug-likeness (QED) is 0.771. The van der Waals surface area contributed by atoms with Crippen LogP contribution in [-0.2, 0) is 4.79 Å². The molecule has 0 saturated heterocycles. The summed E-state index contributed by atoms with van der Waals surface area (Å²) in [6, 6.07) is 11.8. The number of para-hydroxylation sites is 1. The molecule has 4 heteroatoms. The molecule has 0 N–H and O–H groups in total. The summed E-state index contributed by atoms with van der Waals surface area (Å²) in [7, 11) is 3.60. The SMILES string of the molecule is CN(CCC#N)C(=O)CN(C)c1ccccc1. The first-order valence-corrected chi connectivity index (χ1v) is 5.52. The Balaban J connectivity index is 2.49. The predicted octanol–water partition coefficient (Wildman–Crippen LogP) is 1.49. The number of anilines is 1. The van der Waals surface area contributed by atoms with Crippen LogP contribution in [0.25, 0.3) is 0 Å². The molecule has 1 rings (SSSR count). The molecule has 1 amide bonds. The summed E-state index contributed by atoms with van der Waals surface area (Å²) in [6.07, 6.45) is 0.372. The first-order chi connectivity index (χ1) is 8.15. The molecule has 0 unspecified atom stereocenters. The lowest BCUT2D eigenvalue weighted by Crippen LogP contribution is -2.37. The number of amides is 1. The molecule has 0 radical (unpaired) electrons. The Morgan fingerprint density at radius 1 is 1.29 bits per heavy atom. The third-order valence-electron chi connectivity index (χ3n) is 2.55. The predicted molar refractivity (Wildman–Crippen MR) is 67.6 cm³/mol. The normalized spacial score (nSPS) is 9.47. The second-order valence-corrected chi connectivity index (χ2v) is 3.92. The molecule has 4 nitrogen and oxygen atoms in total. The van der Waals surface area contributed by atoms with Crippen LogP contribution in [0.5, 0.6) is 0 Å². The zero-order chi connectivity index (χ0) is 12.7. The van der Waals surface area contributed by atoms with Gasteiger partial charge in [-0.1, -0.05) is 18.2 Å². The van der Waals surface area contributed by atoms with Crippen LogP contribution in [0, 0.1) is 11.3 Å². The number of hydrogen-bond acceptors (Lipinski definition) is 3. The van der Waals surface area contributed by atoms with E-state index in [2.05, 4.69) is 0 Å². The van der Waals surface area contributed by atoms with Gasteiger partial charge in [0.2, 0.25) is 5.91 Å². The maximum absolute atomic E-state index is 11.8. The molecule has 0 spiro atoms. The first-order valence-electron chi connectivity index (χ1n) is 5.52. The molecule has 0 aliphatic rings. The van der Waals surface area contributed by atoms with Crippen molar-refractivity contribution in [2.45, 2.75) is 6.42 Å². The standard InChI is InChI=1S/C13H17N3O/c1-15(10-6-9-14)13(17)11-16(2)12-7-4-3-5-8-12/h3-5,7-8H,6,10-11H2,1-2H3. The van der Waals surface area contributed by atoms with E-state index in [0.717, 1.165) is 5.69 Å². The summed E-state index contributed by atoms with van der Waals surface area (Å²) in [5.41, 5.74) is 1.01. The molecule has 0 aromatic heterocycles. The van der Waals surface area contributed by atoms with Crippen LogP contribution in [0.15, 0.2) is 30.3 Å². The molecule has 90 valence electrons. The van der Waals surface area contributed by atoms with Crippen LogP contribution in [0.2, 0.25) is 0 Å². The number of carbonyl (C=O) groups excluding carboxylic acids is 1. The van der Waals surface area contributed by atoms with Gasteiger partial charge < -0.3 is 9.80 Å². The molecule has 1 aromatic rings. The summed E-state index contributed by atoms with van der Waals surface area (Å²) >= 11 is 0. The fourth-order valence-electron chi connectivity index (χ4n) is 1.44. The molecular formula is C13H17N3O. The maximum atomic E-state index is 11.8. The van der Waals surface area contributed by atoms with E-state index >= 15 is 0 Å². The highest BCUT2D eigenvalue weighted by molar-refractivity contribution is 5.81. The Hall–Kier alpha value is -2.02. The van der Waals surface area contributed by atoms with Gasteiger partial charge in [0.15, 0.2) is 0 Å². The molecule has 0 aliphatic carbocycles. The van der Waals surface area contributed by atoms with E-state index in [1.54, 1.807) is 11.9 Å². The number of rotatable bonds is 5. The van der Waals surface area contributed by atoms with Gasteiger partial charge in [-0.25, -0.2) is 0 Å². The van der Waals surface area contributed by atoms with Crippen molar-refractivity contribution in [3.05, 3.63) is 30.3 Å². The van der Waals surface area contributed by atoms with Crippen LogP contribution in [0.3, 0.4) is 0 Å². The average molecular weight is 231 g/mol. The number of likely N-dealkylation sites (N-methyl/N-ethyl adjacent to an activating group) is 2. The number of hydrogen-bond donors (Lipinski definition) is 0. The lowest BCUT2D eigenvalue weighted by Gasteiger charge is -2.22. The molecule has 0 fully saturated rings. The van der Waals surface area contributed by atoms with Crippen molar-refractivity contribution in [3.8, 4) is 6.07 Å². The molecule has 0 bridgehead atoms. The second-order valence-electron chi connectivity index (χ2n) is 3.92. The largest absolute Gasteiger partial charge is 0.365 e. The fraction of sp³-hybridized carbons (Fsp3) is 0.385. The summed E-state index contributed by atoms with van der Waals surface area (Å²) in [6.45, 7) is 0.809. The Morgan fingerprint density at radius 2 is 1.94 bits per heavy atom. The highest BCUT2D eigenvalue weighted by Gasteiger charge is 2.11. The van der Waals surface area contributed by atoms with Crippen molar-refractivity contribution in [2.75, 3.05) is 32.1 Å². The Bertz CT molecular complexity index is 397. The summed E-state index contributed by atoms with van der Waals surface area (Å²) in [5, 5.41) is 8.46. The third-order valence-corrected chi connectivity index (χ3v) is 2.55. The highest BCUT2D eigenvalue weighted by Crippen LogP contribution is 2.10. The van der Waals surface area contributed by atoms with Crippen LogP contribution < -0.4 is 4.90 Å². The van der Waals surface area contributed by atoms with Crippen molar-refractivity contribution in [1.29, 1.82) is 5.26 Å². The summed E-state index contributed by atoms with van der Waals surface area (Å²) in [4.78, 5) is 15.3. The number of benzene rings is 1. The Morgan fingerprint density at radius 3 is 2.53 bits per heavy atom. The Kier molecular flexibility index (Phi) is 5.02. The molecular weight excluding hydrogens is 214 g/mol. The molecule has 1 aromatic carbocycles. The van der Waals surface area contributed by atoms with E-state index < -0.39 is 0 Å². The minimum Gasteiger partial charge on any atom is -0.365 e. The van der Waals surface area contributed by atoms with Crippen LogP contribution >= 0.6 is 0 Å². The van der Waals surface area contributed by atoms with E-state index in [9.17, 15) is 4.79 Å². The number of carbonyl (C=O) groups is 1. The van der Waals surface area contributed by atoms with Gasteiger partial charge in [-0.15, -0.1) is 0 Å². The fourth-order valence-corrected chi connectivity index (χ4v) is 1.44. The van der Waals surface area contributed by atoms with Crippen molar-refractivity contribution in [3.63, 3.8) is 0 Å². The maximum Gasteiger partial charge on any atom is 0.241 e. The van der Waals surface area contributed by atoms with Crippen molar-refractivity contribution in [2.24, 2.45) is 0 Å². The van der Waals surface area contributed by atoms with Gasteiger partial charge in [-0.05, 0) is 12.1 Å². The smallest absolute Gasteiger partial charge is 0.241 e. The van der Waals surface area contributed by atoms with E-state index in [4.69, 9.17) is 5.26 Å². The highest BCUT2D eigenvalue weighted by atomic mass is 16.2. The monoisotopic (exact) mass is 231 g/mol. The van der Waals surface area contributed by atoms with Crippen LogP contribution in [-0.4, -0.2) is 38.0 Å². The number of nitrogens with zero attached hydrogens (tertiary/aromatic N) is 3. The third kappa shape index (κ3) is 4.15. The molecule has 17 heavy (non-hydrogen) atoms. The minimum absolute atomic E-state index is 0.0200. The second kappa shape index (κ2) is 6.54. The number of nitriles is 1. The minimum atomic E-state index is 0.0200. The average Bonchev–Trinajstić information content (AvgIpc) is 2.36. The van der Waals surface area contributed by atoms with Gasteiger partial charge in [0.1, 0.15) is 0 Å². The lowest BCUT2D eigenvalue weighted by atomic mass is 10.3. The van der Waals surface area contributed by atoms with E-state index in [1.807, 2.05) is 48.3 Å². The van der Waals surface area contributed by atoms with Gasteiger partial charge in [0.25, 0.3) is 0 Å². The van der Waals surface area contributed by atoms with Gasteiger partial charge in [0, 0.05) is 26.3 Å². The van der Waals surface area contributed by atoms with Gasteiger partial charge in [0.05, 0.1) is 19.0 Å².